The van der Waals surface area contributed by atoms with Crippen molar-refractivity contribution in [3.05, 3.63) is 58.6 Å². The molecule has 0 spiro atoms. The van der Waals surface area contributed by atoms with Gasteiger partial charge in [-0.2, -0.15) is 0 Å². The number of sulfonamides is 1. The molecule has 1 N–H and O–H groups in total. The van der Waals surface area contributed by atoms with Gasteiger partial charge in [0.2, 0.25) is 10.0 Å². The summed E-state index contributed by atoms with van der Waals surface area (Å²) in [5, 5.41) is 0. The average Bonchev–Trinajstić information content (AvgIpc) is 2.82. The van der Waals surface area contributed by atoms with Gasteiger partial charge in [-0.15, -0.1) is 0 Å². The molecule has 2 aromatic rings. The zero-order chi connectivity index (χ0) is 14.2. The van der Waals surface area contributed by atoms with Crippen molar-refractivity contribution in [3.63, 3.8) is 0 Å². The predicted octanol–water partition coefficient (Wildman–Crippen LogP) is 2.86. The molecule has 1 heterocycles. The van der Waals surface area contributed by atoms with E-state index >= 15 is 0 Å². The Bertz CT molecular complexity index is 746. The first-order chi connectivity index (χ1) is 9.56. The average molecular weight is 354 g/mol. The Morgan fingerprint density at radius 2 is 1.95 bits per heavy atom. The van der Waals surface area contributed by atoms with Crippen LogP contribution in [0.2, 0.25) is 0 Å². The molecule has 2 aromatic carbocycles. The number of hydrogen-bond acceptors (Lipinski definition) is 3. The summed E-state index contributed by atoms with van der Waals surface area (Å²) in [6.07, 6.45) is 0. The third-order valence-corrected chi connectivity index (χ3v) is 5.07. The summed E-state index contributed by atoms with van der Waals surface area (Å²) in [5.41, 5.74) is 0.867. The molecule has 1 unspecified atom stereocenters. The molecule has 0 fully saturated rings. The van der Waals surface area contributed by atoms with Gasteiger partial charge < -0.3 is 4.74 Å². The minimum atomic E-state index is -3.57. The third kappa shape index (κ3) is 2.59. The van der Waals surface area contributed by atoms with Crippen molar-refractivity contribution in [3.8, 4) is 5.75 Å². The number of benzene rings is 2. The molecular formula is C14H12BrNO3S. The summed E-state index contributed by atoms with van der Waals surface area (Å²) in [6, 6.07) is 13.7. The van der Waals surface area contributed by atoms with Gasteiger partial charge in [-0.3, -0.25) is 0 Å². The minimum absolute atomic E-state index is 0.233. The van der Waals surface area contributed by atoms with Gasteiger partial charge in [0, 0.05) is 10.0 Å². The molecule has 1 aliphatic heterocycles. The summed E-state index contributed by atoms with van der Waals surface area (Å²) >= 11 is 3.28. The van der Waals surface area contributed by atoms with Crippen LogP contribution in [-0.2, 0) is 10.0 Å². The van der Waals surface area contributed by atoms with E-state index < -0.39 is 10.0 Å². The van der Waals surface area contributed by atoms with Crippen LogP contribution in [0.3, 0.4) is 0 Å². The van der Waals surface area contributed by atoms with Gasteiger partial charge in [-0.25, -0.2) is 13.1 Å². The molecule has 1 atom stereocenters. The Morgan fingerprint density at radius 1 is 1.15 bits per heavy atom. The molecule has 104 valence electrons. The summed E-state index contributed by atoms with van der Waals surface area (Å²) in [4.78, 5) is 0.233. The van der Waals surface area contributed by atoms with Crippen LogP contribution in [0.15, 0.2) is 57.9 Å². The summed E-state index contributed by atoms with van der Waals surface area (Å²) < 4.78 is 33.6. The maximum atomic E-state index is 12.4. The van der Waals surface area contributed by atoms with Crippen molar-refractivity contribution < 1.29 is 13.2 Å². The standard InChI is InChI=1S/C14H12BrNO3S/c15-10-4-3-5-11(8-10)20(17,18)16-13-9-19-14-7-2-1-6-12(13)14/h1-8,13,16H,9H2. The SMILES string of the molecule is O=S(=O)(NC1COc2ccccc21)c1cccc(Br)c1. The number of halogens is 1. The molecule has 0 bridgehead atoms. The van der Waals surface area contributed by atoms with E-state index in [1.54, 1.807) is 24.3 Å². The fourth-order valence-corrected chi connectivity index (χ4v) is 3.95. The Morgan fingerprint density at radius 3 is 2.75 bits per heavy atom. The van der Waals surface area contributed by atoms with Gasteiger partial charge in [0.05, 0.1) is 10.9 Å². The van der Waals surface area contributed by atoms with Crippen molar-refractivity contribution >= 4 is 26.0 Å². The van der Waals surface area contributed by atoms with Crippen LogP contribution in [-0.4, -0.2) is 15.0 Å². The second-order valence-corrected chi connectivity index (χ2v) is 7.11. The van der Waals surface area contributed by atoms with Gasteiger partial charge in [0.25, 0.3) is 0 Å². The maximum Gasteiger partial charge on any atom is 0.241 e. The van der Waals surface area contributed by atoms with Crippen LogP contribution in [0.1, 0.15) is 11.6 Å². The van der Waals surface area contributed by atoms with E-state index in [4.69, 9.17) is 4.74 Å². The molecule has 0 aliphatic carbocycles. The van der Waals surface area contributed by atoms with E-state index in [0.29, 0.717) is 6.61 Å². The Labute approximate surface area is 126 Å². The topological polar surface area (TPSA) is 55.4 Å². The van der Waals surface area contributed by atoms with E-state index in [2.05, 4.69) is 20.7 Å². The monoisotopic (exact) mass is 353 g/mol. The number of hydrogen-bond donors (Lipinski definition) is 1. The van der Waals surface area contributed by atoms with Crippen LogP contribution >= 0.6 is 15.9 Å². The summed E-state index contributed by atoms with van der Waals surface area (Å²) in [7, 11) is -3.57. The van der Waals surface area contributed by atoms with Crippen molar-refractivity contribution in [1.82, 2.24) is 4.72 Å². The molecule has 0 aromatic heterocycles. The van der Waals surface area contributed by atoms with Crippen LogP contribution in [0, 0.1) is 0 Å². The molecule has 0 radical (unpaired) electrons. The first-order valence-corrected chi connectivity index (χ1v) is 8.33. The highest BCUT2D eigenvalue weighted by Gasteiger charge is 2.28. The van der Waals surface area contributed by atoms with E-state index in [0.717, 1.165) is 15.8 Å². The Balaban J connectivity index is 1.89. The van der Waals surface area contributed by atoms with Crippen molar-refractivity contribution in [2.24, 2.45) is 0 Å². The van der Waals surface area contributed by atoms with Crippen molar-refractivity contribution in [2.45, 2.75) is 10.9 Å². The highest BCUT2D eigenvalue weighted by molar-refractivity contribution is 9.10. The lowest BCUT2D eigenvalue weighted by molar-refractivity contribution is 0.325. The molecular weight excluding hydrogens is 342 g/mol. The molecule has 1 aliphatic rings. The van der Waals surface area contributed by atoms with E-state index in [1.165, 1.54) is 0 Å². The van der Waals surface area contributed by atoms with E-state index in [9.17, 15) is 8.42 Å². The Kier molecular flexibility index (Phi) is 3.54. The van der Waals surface area contributed by atoms with Gasteiger partial charge >= 0.3 is 0 Å². The number of rotatable bonds is 3. The number of nitrogens with one attached hydrogen (secondary N) is 1. The van der Waals surface area contributed by atoms with Gasteiger partial charge in [-0.1, -0.05) is 40.2 Å². The quantitative estimate of drug-likeness (QED) is 0.922. The maximum absolute atomic E-state index is 12.4. The zero-order valence-electron chi connectivity index (χ0n) is 10.4. The van der Waals surface area contributed by atoms with Gasteiger partial charge in [0.1, 0.15) is 12.4 Å². The lowest BCUT2D eigenvalue weighted by atomic mass is 10.1. The van der Waals surface area contributed by atoms with E-state index in [1.807, 2.05) is 24.3 Å². The second kappa shape index (κ2) is 5.20. The van der Waals surface area contributed by atoms with Crippen LogP contribution in [0.25, 0.3) is 0 Å². The number of para-hydroxylation sites is 1. The zero-order valence-corrected chi connectivity index (χ0v) is 12.8. The van der Waals surface area contributed by atoms with Crippen LogP contribution in [0.5, 0.6) is 5.75 Å². The first kappa shape index (κ1) is 13.6. The molecule has 20 heavy (non-hydrogen) atoms. The smallest absolute Gasteiger partial charge is 0.241 e. The summed E-state index contributed by atoms with van der Waals surface area (Å²) in [6.45, 7) is 0.312. The molecule has 4 nitrogen and oxygen atoms in total. The summed E-state index contributed by atoms with van der Waals surface area (Å²) in [5.74, 6) is 0.731. The van der Waals surface area contributed by atoms with Crippen LogP contribution < -0.4 is 9.46 Å². The lowest BCUT2D eigenvalue weighted by Gasteiger charge is -2.12. The fraction of sp³-hybridized carbons (Fsp3) is 0.143. The number of fused-ring (bicyclic) bond motifs is 1. The highest BCUT2D eigenvalue weighted by atomic mass is 79.9. The largest absolute Gasteiger partial charge is 0.491 e. The number of ether oxygens (including phenoxy) is 1. The van der Waals surface area contributed by atoms with E-state index in [-0.39, 0.29) is 10.9 Å². The van der Waals surface area contributed by atoms with Gasteiger partial charge in [-0.05, 0) is 24.3 Å². The lowest BCUT2D eigenvalue weighted by Crippen LogP contribution is -2.29. The molecule has 0 saturated heterocycles. The minimum Gasteiger partial charge on any atom is -0.491 e. The first-order valence-electron chi connectivity index (χ1n) is 6.06. The molecule has 6 heteroatoms. The van der Waals surface area contributed by atoms with Crippen molar-refractivity contribution in [2.75, 3.05) is 6.61 Å². The normalized spacial score (nSPS) is 17.6. The second-order valence-electron chi connectivity index (χ2n) is 4.48. The molecule has 3 rings (SSSR count). The highest BCUT2D eigenvalue weighted by Crippen LogP contribution is 2.32. The van der Waals surface area contributed by atoms with Crippen molar-refractivity contribution in [1.29, 1.82) is 0 Å². The van der Waals surface area contributed by atoms with Crippen LogP contribution in [0.4, 0.5) is 0 Å². The molecule has 0 amide bonds. The van der Waals surface area contributed by atoms with Gasteiger partial charge in [0.15, 0.2) is 0 Å². The third-order valence-electron chi connectivity index (χ3n) is 3.10. The molecule has 0 saturated carbocycles. The fourth-order valence-electron chi connectivity index (χ4n) is 2.15. The predicted molar refractivity (Wildman–Crippen MR) is 79.1 cm³/mol. The Hall–Kier alpha value is -1.37.